The van der Waals surface area contributed by atoms with Gasteiger partial charge in [-0.05, 0) is 18.8 Å². The number of aromatic nitrogens is 2. The maximum Gasteiger partial charge on any atom is 0.271 e. The van der Waals surface area contributed by atoms with Crippen molar-refractivity contribution in [1.82, 2.24) is 15.3 Å². The molecule has 0 aliphatic heterocycles. The Morgan fingerprint density at radius 1 is 1.50 bits per heavy atom. The first-order valence-corrected chi connectivity index (χ1v) is 4.61. The van der Waals surface area contributed by atoms with Gasteiger partial charge in [0.1, 0.15) is 11.5 Å². The molecule has 1 aromatic heterocycles. The molecule has 1 aliphatic rings. The first-order chi connectivity index (χ1) is 6.75. The Bertz CT molecular complexity index is 331. The van der Waals surface area contributed by atoms with Crippen molar-refractivity contribution in [3.05, 3.63) is 18.1 Å². The molecule has 0 bridgehead atoms. The van der Waals surface area contributed by atoms with Gasteiger partial charge in [-0.1, -0.05) is 0 Å². The normalized spacial score (nSPS) is 15.1. The smallest absolute Gasteiger partial charge is 0.271 e. The number of hydrogen-bond donors (Lipinski definition) is 2. The van der Waals surface area contributed by atoms with E-state index in [1.54, 1.807) is 0 Å². The lowest BCUT2D eigenvalue weighted by molar-refractivity contribution is 0.0946. The van der Waals surface area contributed by atoms with Gasteiger partial charge in [0.15, 0.2) is 0 Å². The fraction of sp³-hybridized carbons (Fsp3) is 0.444. The molecule has 1 aromatic rings. The van der Waals surface area contributed by atoms with Gasteiger partial charge in [-0.15, -0.1) is 0 Å². The van der Waals surface area contributed by atoms with Gasteiger partial charge >= 0.3 is 0 Å². The summed E-state index contributed by atoms with van der Waals surface area (Å²) in [7, 11) is 0. The predicted octanol–water partition coefficient (Wildman–Crippen LogP) is 0.199. The molecular formula is C9H12N4O. The molecule has 1 saturated carbocycles. The second-order valence-electron chi connectivity index (χ2n) is 3.48. The molecule has 1 amide bonds. The number of amides is 1. The number of nitrogens with zero attached hydrogens (tertiary/aromatic N) is 2. The monoisotopic (exact) mass is 192 g/mol. The van der Waals surface area contributed by atoms with Crippen molar-refractivity contribution < 1.29 is 4.79 Å². The Kier molecular flexibility index (Phi) is 2.30. The summed E-state index contributed by atoms with van der Waals surface area (Å²) in [6.45, 7) is 0.741. The lowest BCUT2D eigenvalue weighted by atomic mass is 10.3. The summed E-state index contributed by atoms with van der Waals surface area (Å²) in [6, 6.07) is 0. The van der Waals surface area contributed by atoms with E-state index in [4.69, 9.17) is 5.73 Å². The Balaban J connectivity index is 1.92. The van der Waals surface area contributed by atoms with Crippen LogP contribution in [-0.2, 0) is 0 Å². The van der Waals surface area contributed by atoms with E-state index in [0.29, 0.717) is 17.4 Å². The molecule has 0 aromatic carbocycles. The minimum atomic E-state index is -0.176. The average molecular weight is 192 g/mol. The Labute approximate surface area is 81.7 Å². The van der Waals surface area contributed by atoms with Crippen LogP contribution in [0.2, 0.25) is 0 Å². The van der Waals surface area contributed by atoms with Crippen LogP contribution in [0.25, 0.3) is 0 Å². The SMILES string of the molecule is Nc1cnc(C(=O)NCC2CC2)cn1. The number of nitrogen functional groups attached to an aromatic ring is 1. The minimum Gasteiger partial charge on any atom is -0.382 e. The number of carbonyl (C=O) groups excluding carboxylic acids is 1. The van der Waals surface area contributed by atoms with E-state index >= 15 is 0 Å². The van der Waals surface area contributed by atoms with Gasteiger partial charge in [-0.25, -0.2) is 9.97 Å². The highest BCUT2D eigenvalue weighted by atomic mass is 16.1. The van der Waals surface area contributed by atoms with Gasteiger partial charge in [-0.2, -0.15) is 0 Å². The van der Waals surface area contributed by atoms with E-state index in [-0.39, 0.29) is 5.91 Å². The highest BCUT2D eigenvalue weighted by Gasteiger charge is 2.22. The number of hydrogen-bond acceptors (Lipinski definition) is 4. The van der Waals surface area contributed by atoms with Crippen molar-refractivity contribution in [2.45, 2.75) is 12.8 Å². The third-order valence-corrected chi connectivity index (χ3v) is 2.15. The van der Waals surface area contributed by atoms with Crippen molar-refractivity contribution in [2.75, 3.05) is 12.3 Å². The van der Waals surface area contributed by atoms with E-state index in [9.17, 15) is 4.79 Å². The van der Waals surface area contributed by atoms with E-state index in [2.05, 4.69) is 15.3 Å². The van der Waals surface area contributed by atoms with Crippen molar-refractivity contribution in [3.8, 4) is 0 Å². The van der Waals surface area contributed by atoms with Crippen molar-refractivity contribution in [1.29, 1.82) is 0 Å². The van der Waals surface area contributed by atoms with Crippen LogP contribution in [0.15, 0.2) is 12.4 Å². The second-order valence-corrected chi connectivity index (χ2v) is 3.48. The molecule has 0 spiro atoms. The molecule has 74 valence electrons. The maximum atomic E-state index is 11.4. The van der Waals surface area contributed by atoms with E-state index in [1.165, 1.54) is 25.2 Å². The van der Waals surface area contributed by atoms with Gasteiger partial charge in [0.25, 0.3) is 5.91 Å². The van der Waals surface area contributed by atoms with Crippen LogP contribution in [0.1, 0.15) is 23.3 Å². The highest BCUT2D eigenvalue weighted by molar-refractivity contribution is 5.91. The molecule has 5 heteroatoms. The van der Waals surface area contributed by atoms with Gasteiger partial charge in [-0.3, -0.25) is 4.79 Å². The first kappa shape index (κ1) is 8.93. The van der Waals surface area contributed by atoms with Crippen LogP contribution < -0.4 is 11.1 Å². The molecule has 2 rings (SSSR count). The van der Waals surface area contributed by atoms with Crippen LogP contribution in [0.5, 0.6) is 0 Å². The third-order valence-electron chi connectivity index (χ3n) is 2.15. The van der Waals surface area contributed by atoms with E-state index in [1.807, 2.05) is 0 Å². The zero-order valence-corrected chi connectivity index (χ0v) is 7.73. The number of carbonyl (C=O) groups is 1. The van der Waals surface area contributed by atoms with Gasteiger partial charge < -0.3 is 11.1 Å². The summed E-state index contributed by atoms with van der Waals surface area (Å²) in [5.74, 6) is 0.814. The van der Waals surface area contributed by atoms with Crippen LogP contribution >= 0.6 is 0 Å². The van der Waals surface area contributed by atoms with Crippen molar-refractivity contribution in [3.63, 3.8) is 0 Å². The quantitative estimate of drug-likeness (QED) is 0.716. The Morgan fingerprint density at radius 2 is 2.29 bits per heavy atom. The Hall–Kier alpha value is -1.65. The molecule has 3 N–H and O–H groups in total. The number of rotatable bonds is 3. The number of nitrogens with one attached hydrogen (secondary N) is 1. The van der Waals surface area contributed by atoms with Crippen molar-refractivity contribution >= 4 is 11.7 Å². The molecule has 0 unspecified atom stereocenters. The second kappa shape index (κ2) is 3.61. The van der Waals surface area contributed by atoms with Crippen molar-refractivity contribution in [2.24, 2.45) is 5.92 Å². The minimum absolute atomic E-state index is 0.176. The van der Waals surface area contributed by atoms with Crippen LogP contribution in [0.4, 0.5) is 5.82 Å². The van der Waals surface area contributed by atoms with E-state index in [0.717, 1.165) is 6.54 Å². The summed E-state index contributed by atoms with van der Waals surface area (Å²) in [5, 5.41) is 2.80. The summed E-state index contributed by atoms with van der Waals surface area (Å²) >= 11 is 0. The summed E-state index contributed by atoms with van der Waals surface area (Å²) < 4.78 is 0. The van der Waals surface area contributed by atoms with Gasteiger partial charge in [0, 0.05) is 6.54 Å². The summed E-state index contributed by atoms with van der Waals surface area (Å²) in [5.41, 5.74) is 5.67. The molecule has 1 fully saturated rings. The zero-order chi connectivity index (χ0) is 9.97. The summed E-state index contributed by atoms with van der Waals surface area (Å²) in [4.78, 5) is 19.1. The fourth-order valence-corrected chi connectivity index (χ4v) is 1.10. The fourth-order valence-electron chi connectivity index (χ4n) is 1.10. The lowest BCUT2D eigenvalue weighted by Crippen LogP contribution is -2.26. The molecule has 0 saturated heterocycles. The highest BCUT2D eigenvalue weighted by Crippen LogP contribution is 2.27. The molecule has 14 heavy (non-hydrogen) atoms. The van der Waals surface area contributed by atoms with Crippen LogP contribution in [0, 0.1) is 5.92 Å². The molecule has 1 heterocycles. The largest absolute Gasteiger partial charge is 0.382 e. The standard InChI is InChI=1S/C9H12N4O/c10-8-5-11-7(4-12-8)9(14)13-3-6-1-2-6/h4-6H,1-3H2,(H2,10,12)(H,13,14). The number of nitrogens with two attached hydrogens (primary N) is 1. The maximum absolute atomic E-state index is 11.4. The molecule has 0 radical (unpaired) electrons. The van der Waals surface area contributed by atoms with Crippen LogP contribution in [0.3, 0.4) is 0 Å². The molecular weight excluding hydrogens is 180 g/mol. The molecule has 5 nitrogen and oxygen atoms in total. The first-order valence-electron chi connectivity index (χ1n) is 4.61. The summed E-state index contributed by atoms with van der Waals surface area (Å²) in [6.07, 6.45) is 5.20. The van der Waals surface area contributed by atoms with Gasteiger partial charge in [0.05, 0.1) is 12.4 Å². The zero-order valence-electron chi connectivity index (χ0n) is 7.73. The average Bonchev–Trinajstić information content (AvgIpc) is 2.99. The predicted molar refractivity (Wildman–Crippen MR) is 51.5 cm³/mol. The Morgan fingerprint density at radius 3 is 2.86 bits per heavy atom. The third kappa shape index (κ3) is 2.18. The molecule has 1 aliphatic carbocycles. The number of anilines is 1. The van der Waals surface area contributed by atoms with E-state index < -0.39 is 0 Å². The van der Waals surface area contributed by atoms with Crippen LogP contribution in [-0.4, -0.2) is 22.4 Å². The molecule has 0 atom stereocenters. The topological polar surface area (TPSA) is 80.9 Å². The lowest BCUT2D eigenvalue weighted by Gasteiger charge is -2.02. The van der Waals surface area contributed by atoms with Gasteiger partial charge in [0.2, 0.25) is 0 Å².